The number of thiol groups is 1. The van der Waals surface area contributed by atoms with E-state index < -0.39 is 30.7 Å². The van der Waals surface area contributed by atoms with Gasteiger partial charge in [0.25, 0.3) is 0 Å². The van der Waals surface area contributed by atoms with Gasteiger partial charge in [0.1, 0.15) is 6.04 Å². The van der Waals surface area contributed by atoms with Gasteiger partial charge in [-0.05, 0) is 12.0 Å². The van der Waals surface area contributed by atoms with E-state index in [0.717, 1.165) is 5.56 Å². The number of carboxylic acid groups (broad SMARTS) is 1. The molecule has 0 spiro atoms. The van der Waals surface area contributed by atoms with Gasteiger partial charge in [0.2, 0.25) is 0 Å². The molecule has 0 heterocycles. The molecule has 0 unspecified atom stereocenters. The summed E-state index contributed by atoms with van der Waals surface area (Å²) in [5.41, 5.74) is 0.871. The quantitative estimate of drug-likeness (QED) is 0.679. The minimum Gasteiger partial charge on any atom is -0.481 e. The van der Waals surface area contributed by atoms with Gasteiger partial charge in [0.15, 0.2) is 0 Å². The first-order chi connectivity index (χ1) is 9.32. The molecule has 0 aliphatic carbocycles. The van der Waals surface area contributed by atoms with Crippen molar-refractivity contribution in [3.63, 3.8) is 0 Å². The number of halogens is 3. The van der Waals surface area contributed by atoms with Crippen molar-refractivity contribution in [2.75, 3.05) is 5.75 Å². The van der Waals surface area contributed by atoms with Crippen molar-refractivity contribution >= 4 is 18.6 Å². The third kappa shape index (κ3) is 5.83. The minimum atomic E-state index is -4.60. The molecule has 1 aromatic rings. The van der Waals surface area contributed by atoms with Crippen molar-refractivity contribution in [2.24, 2.45) is 0 Å². The molecule has 0 amide bonds. The van der Waals surface area contributed by atoms with Crippen molar-refractivity contribution in [3.05, 3.63) is 35.9 Å². The fourth-order valence-corrected chi connectivity index (χ4v) is 2.04. The molecule has 0 radical (unpaired) electrons. The molecule has 112 valence electrons. The molecule has 2 N–H and O–H groups in total. The van der Waals surface area contributed by atoms with Gasteiger partial charge in [0.05, 0.1) is 6.42 Å². The maximum Gasteiger partial charge on any atom is 0.404 e. The molecule has 1 rings (SSSR count). The van der Waals surface area contributed by atoms with Crippen molar-refractivity contribution < 1.29 is 23.1 Å². The maximum absolute atomic E-state index is 12.8. The maximum atomic E-state index is 12.8. The normalized spacial score (nSPS) is 14.8. The van der Waals surface area contributed by atoms with Gasteiger partial charge in [-0.15, -0.1) is 0 Å². The SMILES string of the molecule is O=C(O)C[C@@H](N[C@H](CS)Cc1ccccc1)C(F)(F)F. The molecular weight excluding hydrogens is 291 g/mol. The minimum absolute atomic E-state index is 0.182. The molecule has 1 aromatic carbocycles. The molecule has 20 heavy (non-hydrogen) atoms. The van der Waals surface area contributed by atoms with Crippen LogP contribution >= 0.6 is 12.6 Å². The van der Waals surface area contributed by atoms with Gasteiger partial charge in [-0.3, -0.25) is 4.79 Å². The van der Waals surface area contributed by atoms with Crippen molar-refractivity contribution in [1.29, 1.82) is 0 Å². The number of carbonyl (C=O) groups is 1. The summed E-state index contributed by atoms with van der Waals surface area (Å²) < 4.78 is 38.3. The van der Waals surface area contributed by atoms with E-state index in [0.29, 0.717) is 6.42 Å². The van der Waals surface area contributed by atoms with E-state index in [2.05, 4.69) is 17.9 Å². The first-order valence-corrected chi connectivity index (χ1v) is 6.65. The van der Waals surface area contributed by atoms with Crippen LogP contribution in [0.15, 0.2) is 30.3 Å². The third-order valence-corrected chi connectivity index (χ3v) is 3.20. The van der Waals surface area contributed by atoms with E-state index in [1.54, 1.807) is 24.3 Å². The second-order valence-electron chi connectivity index (χ2n) is 4.43. The molecular formula is C13H16F3NO2S. The van der Waals surface area contributed by atoms with Crippen LogP contribution in [0.1, 0.15) is 12.0 Å². The predicted molar refractivity (Wildman–Crippen MR) is 73.0 cm³/mol. The highest BCUT2D eigenvalue weighted by molar-refractivity contribution is 7.80. The number of carboxylic acids is 1. The Balaban J connectivity index is 2.71. The predicted octanol–water partition coefficient (Wildman–Crippen LogP) is 2.52. The van der Waals surface area contributed by atoms with Gasteiger partial charge in [-0.2, -0.15) is 25.8 Å². The zero-order valence-electron chi connectivity index (χ0n) is 10.6. The first kappa shape index (κ1) is 16.8. The van der Waals surface area contributed by atoms with Gasteiger partial charge in [0, 0.05) is 11.8 Å². The third-order valence-electron chi connectivity index (χ3n) is 2.76. The van der Waals surface area contributed by atoms with E-state index >= 15 is 0 Å². The fraction of sp³-hybridized carbons (Fsp3) is 0.462. The first-order valence-electron chi connectivity index (χ1n) is 6.02. The number of hydrogen-bond donors (Lipinski definition) is 3. The average molecular weight is 307 g/mol. The molecule has 0 aliphatic heterocycles. The molecule has 7 heteroatoms. The van der Waals surface area contributed by atoms with Gasteiger partial charge >= 0.3 is 12.1 Å². The van der Waals surface area contributed by atoms with Crippen molar-refractivity contribution in [1.82, 2.24) is 5.32 Å². The monoisotopic (exact) mass is 307 g/mol. The van der Waals surface area contributed by atoms with Crippen LogP contribution in [0.4, 0.5) is 13.2 Å². The van der Waals surface area contributed by atoms with E-state index in [4.69, 9.17) is 5.11 Å². The van der Waals surface area contributed by atoms with Crippen LogP contribution in [0.3, 0.4) is 0 Å². The van der Waals surface area contributed by atoms with Crippen LogP contribution < -0.4 is 5.32 Å². The summed E-state index contributed by atoms with van der Waals surface area (Å²) in [6.07, 6.45) is -5.24. The fourth-order valence-electron chi connectivity index (χ4n) is 1.80. The van der Waals surface area contributed by atoms with Crippen molar-refractivity contribution in [2.45, 2.75) is 31.1 Å². The lowest BCUT2D eigenvalue weighted by Gasteiger charge is -2.25. The number of benzene rings is 1. The summed E-state index contributed by atoms with van der Waals surface area (Å²) in [5, 5.41) is 10.9. The smallest absolute Gasteiger partial charge is 0.404 e. The van der Waals surface area contributed by atoms with Crippen LogP contribution in [0.25, 0.3) is 0 Å². The summed E-state index contributed by atoms with van der Waals surface area (Å²) in [6, 6.07) is 6.39. The van der Waals surface area contributed by atoms with Gasteiger partial charge in [-0.25, -0.2) is 0 Å². The number of aliphatic carboxylic acids is 1. The molecule has 0 saturated carbocycles. The number of rotatable bonds is 7. The Morgan fingerprint density at radius 1 is 1.30 bits per heavy atom. The Hall–Kier alpha value is -1.21. The Kier molecular flexibility index (Phi) is 6.35. The summed E-state index contributed by atoms with van der Waals surface area (Å²) in [6.45, 7) is 0. The van der Waals surface area contributed by atoms with Crippen LogP contribution in [0, 0.1) is 0 Å². The van der Waals surface area contributed by atoms with E-state index in [-0.39, 0.29) is 5.75 Å². The average Bonchev–Trinajstić information content (AvgIpc) is 2.36. The van der Waals surface area contributed by atoms with Crippen molar-refractivity contribution in [3.8, 4) is 0 Å². The number of nitrogens with one attached hydrogen (secondary N) is 1. The lowest BCUT2D eigenvalue weighted by Crippen LogP contribution is -2.49. The number of hydrogen-bond acceptors (Lipinski definition) is 3. The van der Waals surface area contributed by atoms with Crippen LogP contribution in [0.2, 0.25) is 0 Å². The van der Waals surface area contributed by atoms with Crippen LogP contribution in [-0.2, 0) is 11.2 Å². The van der Waals surface area contributed by atoms with Crippen LogP contribution in [-0.4, -0.2) is 35.1 Å². The topological polar surface area (TPSA) is 49.3 Å². The molecule has 0 bridgehead atoms. The van der Waals surface area contributed by atoms with Gasteiger partial charge < -0.3 is 10.4 Å². The van der Waals surface area contributed by atoms with Gasteiger partial charge in [-0.1, -0.05) is 30.3 Å². The zero-order chi connectivity index (χ0) is 15.2. The van der Waals surface area contributed by atoms with E-state index in [1.807, 2.05) is 6.07 Å². The highest BCUT2D eigenvalue weighted by Gasteiger charge is 2.41. The van der Waals surface area contributed by atoms with Crippen LogP contribution in [0.5, 0.6) is 0 Å². The molecule has 3 nitrogen and oxygen atoms in total. The largest absolute Gasteiger partial charge is 0.481 e. The summed E-state index contributed by atoms with van der Waals surface area (Å²) >= 11 is 4.03. The Bertz CT molecular complexity index is 425. The molecule has 0 aromatic heterocycles. The highest BCUT2D eigenvalue weighted by atomic mass is 32.1. The molecule has 0 saturated heterocycles. The van der Waals surface area contributed by atoms with E-state index in [1.165, 1.54) is 0 Å². The lowest BCUT2D eigenvalue weighted by molar-refractivity contribution is -0.168. The standard InChI is InChI=1S/C13H16F3NO2S/c14-13(15,16)11(7-12(18)19)17-10(8-20)6-9-4-2-1-3-5-9/h1-5,10-11,17,20H,6-8H2,(H,18,19)/t10-,11+/m0/s1. The summed E-state index contributed by atoms with van der Waals surface area (Å²) in [5.74, 6) is -1.31. The Labute approximate surface area is 120 Å². The number of alkyl halides is 3. The lowest BCUT2D eigenvalue weighted by atomic mass is 10.1. The van der Waals surface area contributed by atoms with E-state index in [9.17, 15) is 18.0 Å². The molecule has 0 aliphatic rings. The summed E-state index contributed by atoms with van der Waals surface area (Å²) in [7, 11) is 0. The Morgan fingerprint density at radius 2 is 1.90 bits per heavy atom. The highest BCUT2D eigenvalue weighted by Crippen LogP contribution is 2.23. The Morgan fingerprint density at radius 3 is 2.35 bits per heavy atom. The molecule has 0 fully saturated rings. The second-order valence-corrected chi connectivity index (χ2v) is 4.79. The molecule has 2 atom stereocenters. The second kappa shape index (κ2) is 7.54. The summed E-state index contributed by atoms with van der Waals surface area (Å²) in [4.78, 5) is 10.5. The zero-order valence-corrected chi connectivity index (χ0v) is 11.5.